The number of carbonyl (C=O) groups is 1. The van der Waals surface area contributed by atoms with Crippen LogP contribution in [0.15, 0.2) is 24.3 Å². The quantitative estimate of drug-likeness (QED) is 0.793. The number of hydrogen-bond acceptors (Lipinski definition) is 2. The van der Waals surface area contributed by atoms with Gasteiger partial charge in [0.25, 0.3) is 0 Å². The number of aliphatic hydroxyl groups excluding tert-OH is 1. The zero-order valence-corrected chi connectivity index (χ0v) is 12.1. The second kappa shape index (κ2) is 7.95. The van der Waals surface area contributed by atoms with Crippen LogP contribution < -0.4 is 5.32 Å². The Morgan fingerprint density at radius 1 is 1.32 bits per heavy atom. The molecule has 19 heavy (non-hydrogen) atoms. The SMILES string of the molecule is Cc1ccccc1CC(CO)CNC(=O)CC(C)C. The van der Waals surface area contributed by atoms with Gasteiger partial charge in [0.15, 0.2) is 0 Å². The Bertz CT molecular complexity index is 401. The van der Waals surface area contributed by atoms with Crippen LogP contribution in [0.4, 0.5) is 0 Å². The third-order valence-corrected chi connectivity index (χ3v) is 3.21. The molecule has 0 aromatic heterocycles. The van der Waals surface area contributed by atoms with Crippen molar-refractivity contribution >= 4 is 5.91 Å². The highest BCUT2D eigenvalue weighted by Gasteiger charge is 2.12. The van der Waals surface area contributed by atoms with Gasteiger partial charge in [-0.15, -0.1) is 0 Å². The number of aryl methyl sites for hydroxylation is 1. The minimum atomic E-state index is 0.0678. The Morgan fingerprint density at radius 2 is 2.00 bits per heavy atom. The van der Waals surface area contributed by atoms with Crippen molar-refractivity contribution in [3.05, 3.63) is 35.4 Å². The van der Waals surface area contributed by atoms with Gasteiger partial charge < -0.3 is 10.4 Å². The van der Waals surface area contributed by atoms with Gasteiger partial charge in [0.05, 0.1) is 0 Å². The number of benzene rings is 1. The first kappa shape index (κ1) is 15.7. The van der Waals surface area contributed by atoms with E-state index in [9.17, 15) is 9.90 Å². The highest BCUT2D eigenvalue weighted by Crippen LogP contribution is 2.13. The third-order valence-electron chi connectivity index (χ3n) is 3.21. The van der Waals surface area contributed by atoms with Crippen molar-refractivity contribution in [2.45, 2.75) is 33.6 Å². The van der Waals surface area contributed by atoms with E-state index in [4.69, 9.17) is 0 Å². The van der Waals surface area contributed by atoms with E-state index in [0.29, 0.717) is 18.9 Å². The van der Waals surface area contributed by atoms with E-state index in [0.717, 1.165) is 6.42 Å². The van der Waals surface area contributed by atoms with Crippen LogP contribution in [0.2, 0.25) is 0 Å². The molecule has 0 bridgehead atoms. The molecule has 0 heterocycles. The maximum absolute atomic E-state index is 11.6. The molecule has 106 valence electrons. The molecule has 1 rings (SSSR count). The van der Waals surface area contributed by atoms with E-state index >= 15 is 0 Å². The Kier molecular flexibility index (Phi) is 6.57. The average Bonchev–Trinajstić information content (AvgIpc) is 2.35. The van der Waals surface area contributed by atoms with Crippen molar-refractivity contribution in [3.63, 3.8) is 0 Å². The first-order valence-electron chi connectivity index (χ1n) is 6.95. The maximum Gasteiger partial charge on any atom is 0.220 e. The summed E-state index contributed by atoms with van der Waals surface area (Å²) in [5.41, 5.74) is 2.47. The second-order valence-corrected chi connectivity index (χ2v) is 5.58. The molecule has 3 nitrogen and oxygen atoms in total. The normalized spacial score (nSPS) is 12.5. The summed E-state index contributed by atoms with van der Waals surface area (Å²) in [5.74, 6) is 0.513. The first-order chi connectivity index (χ1) is 9.02. The molecule has 1 unspecified atom stereocenters. The fourth-order valence-corrected chi connectivity index (χ4v) is 2.05. The lowest BCUT2D eigenvalue weighted by molar-refractivity contribution is -0.122. The predicted octanol–water partition coefficient (Wildman–Crippen LogP) is 2.31. The van der Waals surface area contributed by atoms with Crippen LogP contribution in [0, 0.1) is 18.8 Å². The zero-order valence-electron chi connectivity index (χ0n) is 12.1. The number of carbonyl (C=O) groups excluding carboxylic acids is 1. The van der Waals surface area contributed by atoms with Gasteiger partial charge in [-0.3, -0.25) is 4.79 Å². The molecular formula is C16H25NO2. The summed E-state index contributed by atoms with van der Waals surface area (Å²) in [4.78, 5) is 11.6. The van der Waals surface area contributed by atoms with E-state index in [1.54, 1.807) is 0 Å². The van der Waals surface area contributed by atoms with Crippen molar-refractivity contribution in [1.82, 2.24) is 5.32 Å². The Balaban J connectivity index is 2.46. The number of aliphatic hydroxyl groups is 1. The van der Waals surface area contributed by atoms with Crippen LogP contribution in [0.5, 0.6) is 0 Å². The fourth-order valence-electron chi connectivity index (χ4n) is 2.05. The van der Waals surface area contributed by atoms with E-state index in [-0.39, 0.29) is 18.4 Å². The lowest BCUT2D eigenvalue weighted by Gasteiger charge is -2.17. The topological polar surface area (TPSA) is 49.3 Å². The molecular weight excluding hydrogens is 238 g/mol. The van der Waals surface area contributed by atoms with Gasteiger partial charge in [0.2, 0.25) is 5.91 Å². The van der Waals surface area contributed by atoms with Crippen molar-refractivity contribution in [2.24, 2.45) is 11.8 Å². The van der Waals surface area contributed by atoms with Gasteiger partial charge in [0, 0.05) is 25.5 Å². The fraction of sp³-hybridized carbons (Fsp3) is 0.562. The van der Waals surface area contributed by atoms with Crippen molar-refractivity contribution in [3.8, 4) is 0 Å². The summed E-state index contributed by atoms with van der Waals surface area (Å²) in [5, 5.41) is 12.3. The summed E-state index contributed by atoms with van der Waals surface area (Å²) in [7, 11) is 0. The van der Waals surface area contributed by atoms with Crippen LogP contribution in [0.3, 0.4) is 0 Å². The lowest BCUT2D eigenvalue weighted by atomic mass is 9.96. The number of hydrogen-bond donors (Lipinski definition) is 2. The molecule has 3 heteroatoms. The van der Waals surface area contributed by atoms with Crippen LogP contribution in [0.25, 0.3) is 0 Å². The van der Waals surface area contributed by atoms with Crippen molar-refractivity contribution < 1.29 is 9.90 Å². The summed E-state index contributed by atoms with van der Waals surface area (Å²) in [6.45, 7) is 6.75. The van der Waals surface area contributed by atoms with Crippen LogP contribution in [0.1, 0.15) is 31.4 Å². The average molecular weight is 263 g/mol. The summed E-state index contributed by atoms with van der Waals surface area (Å²) >= 11 is 0. The van der Waals surface area contributed by atoms with Crippen LogP contribution in [-0.2, 0) is 11.2 Å². The molecule has 0 aliphatic heterocycles. The Hall–Kier alpha value is -1.35. The first-order valence-corrected chi connectivity index (χ1v) is 6.95. The molecule has 1 aromatic carbocycles. The molecule has 2 N–H and O–H groups in total. The molecule has 0 spiro atoms. The second-order valence-electron chi connectivity index (χ2n) is 5.58. The molecule has 0 aliphatic carbocycles. The summed E-state index contributed by atoms with van der Waals surface area (Å²) < 4.78 is 0. The van der Waals surface area contributed by atoms with Gasteiger partial charge in [-0.1, -0.05) is 38.1 Å². The van der Waals surface area contributed by atoms with E-state index in [2.05, 4.69) is 24.4 Å². The molecule has 1 amide bonds. The minimum absolute atomic E-state index is 0.0678. The largest absolute Gasteiger partial charge is 0.396 e. The molecule has 0 saturated carbocycles. The van der Waals surface area contributed by atoms with Crippen molar-refractivity contribution in [1.29, 1.82) is 0 Å². The van der Waals surface area contributed by atoms with Gasteiger partial charge in [-0.2, -0.15) is 0 Å². The van der Waals surface area contributed by atoms with Crippen LogP contribution >= 0.6 is 0 Å². The molecule has 0 fully saturated rings. The van der Waals surface area contributed by atoms with E-state index in [1.807, 2.05) is 26.0 Å². The van der Waals surface area contributed by atoms with Crippen molar-refractivity contribution in [2.75, 3.05) is 13.2 Å². The van der Waals surface area contributed by atoms with Gasteiger partial charge in [-0.25, -0.2) is 0 Å². The van der Waals surface area contributed by atoms with Gasteiger partial charge in [-0.05, 0) is 30.4 Å². The molecule has 1 atom stereocenters. The zero-order chi connectivity index (χ0) is 14.3. The number of nitrogens with one attached hydrogen (secondary N) is 1. The monoisotopic (exact) mass is 263 g/mol. The smallest absolute Gasteiger partial charge is 0.220 e. The number of amides is 1. The van der Waals surface area contributed by atoms with E-state index in [1.165, 1.54) is 11.1 Å². The molecule has 1 aromatic rings. The van der Waals surface area contributed by atoms with Gasteiger partial charge >= 0.3 is 0 Å². The lowest BCUT2D eigenvalue weighted by Crippen LogP contribution is -2.32. The van der Waals surface area contributed by atoms with Crippen LogP contribution in [-0.4, -0.2) is 24.2 Å². The molecule has 0 radical (unpaired) electrons. The maximum atomic E-state index is 11.6. The minimum Gasteiger partial charge on any atom is -0.396 e. The highest BCUT2D eigenvalue weighted by atomic mass is 16.3. The van der Waals surface area contributed by atoms with Gasteiger partial charge in [0.1, 0.15) is 0 Å². The summed E-state index contributed by atoms with van der Waals surface area (Å²) in [6.07, 6.45) is 1.34. The third kappa shape index (κ3) is 5.88. The predicted molar refractivity (Wildman–Crippen MR) is 77.9 cm³/mol. The number of rotatable bonds is 7. The standard InChI is InChI=1S/C16H25NO2/c1-12(2)8-16(19)17-10-14(11-18)9-15-7-5-4-6-13(15)3/h4-7,12,14,18H,8-11H2,1-3H3,(H,17,19). The molecule has 0 aliphatic rings. The Morgan fingerprint density at radius 3 is 2.58 bits per heavy atom. The highest BCUT2D eigenvalue weighted by molar-refractivity contribution is 5.76. The Labute approximate surface area is 116 Å². The van der Waals surface area contributed by atoms with E-state index < -0.39 is 0 Å². The summed E-state index contributed by atoms with van der Waals surface area (Å²) in [6, 6.07) is 8.17. The molecule has 0 saturated heterocycles.